The molecule has 0 amide bonds. The molecule has 1 unspecified atom stereocenters. The zero-order chi connectivity index (χ0) is 20.6. The Morgan fingerprint density at radius 1 is 1.13 bits per heavy atom. The fourth-order valence-electron chi connectivity index (χ4n) is 3.45. The maximum atomic E-state index is 13.7. The first-order valence-corrected chi connectivity index (χ1v) is 10.1. The molecule has 0 radical (unpaired) electrons. The van der Waals surface area contributed by atoms with E-state index in [0.717, 1.165) is 31.7 Å². The summed E-state index contributed by atoms with van der Waals surface area (Å²) in [7, 11) is 2.09. The Morgan fingerprint density at radius 3 is 2.53 bits per heavy atom. The SMILES string of the molecule is CN1CCN(CC(O)COc2ccc(F)cc2C(=O)CCc2ccccc2)CC1.Cl. The van der Waals surface area contributed by atoms with Crippen LogP contribution >= 0.6 is 12.4 Å². The molecule has 0 saturated carbocycles. The average Bonchev–Trinajstić information content (AvgIpc) is 2.73. The molecule has 0 aliphatic carbocycles. The number of halogens is 2. The van der Waals surface area contributed by atoms with Gasteiger partial charge in [-0.25, -0.2) is 4.39 Å². The summed E-state index contributed by atoms with van der Waals surface area (Å²) < 4.78 is 19.5. The Hall–Kier alpha value is -1.99. The van der Waals surface area contributed by atoms with Crippen LogP contribution in [0.5, 0.6) is 5.75 Å². The van der Waals surface area contributed by atoms with E-state index >= 15 is 0 Å². The van der Waals surface area contributed by atoms with Crippen molar-refractivity contribution < 1.29 is 19.0 Å². The maximum absolute atomic E-state index is 13.7. The van der Waals surface area contributed by atoms with Gasteiger partial charge in [0.2, 0.25) is 0 Å². The number of aryl methyl sites for hydroxylation is 1. The highest BCUT2D eigenvalue weighted by molar-refractivity contribution is 5.98. The van der Waals surface area contributed by atoms with Crippen molar-refractivity contribution in [1.82, 2.24) is 9.80 Å². The van der Waals surface area contributed by atoms with Crippen molar-refractivity contribution >= 4 is 18.2 Å². The summed E-state index contributed by atoms with van der Waals surface area (Å²) in [5.74, 6) is -0.322. The van der Waals surface area contributed by atoms with E-state index < -0.39 is 11.9 Å². The molecule has 2 aromatic rings. The van der Waals surface area contributed by atoms with Gasteiger partial charge in [-0.2, -0.15) is 0 Å². The molecule has 0 bridgehead atoms. The van der Waals surface area contributed by atoms with Gasteiger partial charge < -0.3 is 14.7 Å². The number of carbonyl (C=O) groups is 1. The van der Waals surface area contributed by atoms with E-state index in [1.807, 2.05) is 30.3 Å². The number of benzene rings is 2. The van der Waals surface area contributed by atoms with Crippen LogP contribution in [0.3, 0.4) is 0 Å². The molecule has 7 heteroatoms. The molecule has 0 aromatic heterocycles. The fourth-order valence-corrected chi connectivity index (χ4v) is 3.45. The van der Waals surface area contributed by atoms with E-state index in [0.29, 0.717) is 18.7 Å². The van der Waals surface area contributed by atoms with Crippen LogP contribution in [-0.2, 0) is 6.42 Å². The lowest BCUT2D eigenvalue weighted by Gasteiger charge is -2.33. The predicted molar refractivity (Wildman–Crippen MR) is 118 cm³/mol. The zero-order valence-corrected chi connectivity index (χ0v) is 18.1. The number of ether oxygens (including phenoxy) is 1. The minimum Gasteiger partial charge on any atom is -0.490 e. The van der Waals surface area contributed by atoms with Gasteiger partial charge in [-0.3, -0.25) is 9.69 Å². The van der Waals surface area contributed by atoms with Crippen molar-refractivity contribution in [1.29, 1.82) is 0 Å². The molecule has 2 aromatic carbocycles. The molecule has 164 valence electrons. The number of rotatable bonds is 9. The first-order valence-electron chi connectivity index (χ1n) is 10.1. The van der Waals surface area contributed by atoms with Crippen LogP contribution in [0.1, 0.15) is 22.3 Å². The Balaban J connectivity index is 0.00000320. The summed E-state index contributed by atoms with van der Waals surface area (Å²) >= 11 is 0. The summed E-state index contributed by atoms with van der Waals surface area (Å²) in [5.41, 5.74) is 1.29. The highest BCUT2D eigenvalue weighted by Crippen LogP contribution is 2.22. The number of aliphatic hydroxyl groups excluding tert-OH is 1. The van der Waals surface area contributed by atoms with Crippen LogP contribution in [0, 0.1) is 5.82 Å². The lowest BCUT2D eigenvalue weighted by atomic mass is 10.0. The minimum absolute atomic E-state index is 0. The summed E-state index contributed by atoms with van der Waals surface area (Å²) in [5, 5.41) is 10.3. The van der Waals surface area contributed by atoms with Gasteiger partial charge in [0.15, 0.2) is 5.78 Å². The molecule has 1 saturated heterocycles. The number of nitrogens with zero attached hydrogens (tertiary/aromatic N) is 2. The average molecular weight is 437 g/mol. The van der Waals surface area contributed by atoms with Crippen LogP contribution in [0.25, 0.3) is 0 Å². The Kier molecular flexibility index (Phi) is 9.72. The second kappa shape index (κ2) is 12.0. The second-order valence-electron chi connectivity index (χ2n) is 7.62. The number of likely N-dealkylation sites (N-methyl/N-ethyl adjacent to an activating group) is 1. The topological polar surface area (TPSA) is 53.0 Å². The van der Waals surface area contributed by atoms with E-state index in [1.54, 1.807) is 0 Å². The van der Waals surface area contributed by atoms with Gasteiger partial charge in [0.1, 0.15) is 24.3 Å². The molecule has 3 rings (SSSR count). The van der Waals surface area contributed by atoms with Crippen molar-refractivity contribution in [3.8, 4) is 5.75 Å². The van der Waals surface area contributed by atoms with Crippen LogP contribution in [0.4, 0.5) is 4.39 Å². The molecule has 5 nitrogen and oxygen atoms in total. The summed E-state index contributed by atoms with van der Waals surface area (Å²) in [4.78, 5) is 17.1. The molecule has 0 spiro atoms. The number of hydrogen-bond donors (Lipinski definition) is 1. The van der Waals surface area contributed by atoms with Gasteiger partial charge in [-0.1, -0.05) is 30.3 Å². The summed E-state index contributed by atoms with van der Waals surface area (Å²) in [6.07, 6.45) is 0.186. The third-order valence-electron chi connectivity index (χ3n) is 5.22. The van der Waals surface area contributed by atoms with Crippen LogP contribution in [0.15, 0.2) is 48.5 Å². The summed E-state index contributed by atoms with van der Waals surface area (Å²) in [6.45, 7) is 4.36. The second-order valence-corrected chi connectivity index (χ2v) is 7.62. The molecule has 1 aliphatic heterocycles. The van der Waals surface area contributed by atoms with Crippen LogP contribution in [0.2, 0.25) is 0 Å². The van der Waals surface area contributed by atoms with Crippen molar-refractivity contribution in [3.05, 3.63) is 65.5 Å². The van der Waals surface area contributed by atoms with Gasteiger partial charge in [-0.05, 0) is 37.2 Å². The number of hydrogen-bond acceptors (Lipinski definition) is 5. The normalized spacial score (nSPS) is 16.0. The van der Waals surface area contributed by atoms with E-state index in [9.17, 15) is 14.3 Å². The molecule has 1 aliphatic rings. The Morgan fingerprint density at radius 2 is 1.83 bits per heavy atom. The molecule has 1 fully saturated rings. The lowest BCUT2D eigenvalue weighted by molar-refractivity contribution is 0.0500. The molecule has 1 heterocycles. The maximum Gasteiger partial charge on any atom is 0.167 e. The smallest absolute Gasteiger partial charge is 0.167 e. The highest BCUT2D eigenvalue weighted by atomic mass is 35.5. The number of Topliss-reactive ketones (excluding diaryl/α,β-unsaturated/α-hetero) is 1. The van der Waals surface area contributed by atoms with Crippen molar-refractivity contribution in [2.24, 2.45) is 0 Å². The summed E-state index contributed by atoms with van der Waals surface area (Å²) in [6, 6.07) is 13.7. The van der Waals surface area contributed by atoms with E-state index in [4.69, 9.17) is 4.74 Å². The first kappa shape index (κ1) is 24.3. The predicted octanol–water partition coefficient (Wildman–Crippen LogP) is 3.05. The Labute approximate surface area is 183 Å². The van der Waals surface area contributed by atoms with Crippen molar-refractivity contribution in [2.75, 3.05) is 46.4 Å². The number of piperazine rings is 1. The fraction of sp³-hybridized carbons (Fsp3) is 0.435. The molecular formula is C23H30ClFN2O3. The molecule has 1 atom stereocenters. The van der Waals surface area contributed by atoms with Crippen molar-refractivity contribution in [3.63, 3.8) is 0 Å². The molecular weight excluding hydrogens is 407 g/mol. The van der Waals surface area contributed by atoms with Crippen LogP contribution in [-0.4, -0.2) is 73.2 Å². The lowest BCUT2D eigenvalue weighted by Crippen LogP contribution is -2.47. The Bertz CT molecular complexity index is 798. The third kappa shape index (κ3) is 7.36. The highest BCUT2D eigenvalue weighted by Gasteiger charge is 2.19. The van der Waals surface area contributed by atoms with Gasteiger partial charge in [0.05, 0.1) is 5.56 Å². The number of carbonyl (C=O) groups excluding carboxylic acids is 1. The van der Waals surface area contributed by atoms with E-state index in [1.165, 1.54) is 18.2 Å². The van der Waals surface area contributed by atoms with Crippen molar-refractivity contribution in [2.45, 2.75) is 18.9 Å². The third-order valence-corrected chi connectivity index (χ3v) is 5.22. The number of aliphatic hydroxyl groups is 1. The number of ketones is 1. The van der Waals surface area contributed by atoms with E-state index in [-0.39, 0.29) is 36.8 Å². The van der Waals surface area contributed by atoms with Gasteiger partial charge in [0, 0.05) is 39.1 Å². The quantitative estimate of drug-likeness (QED) is 0.612. The number of β-amino-alcohol motifs (C(OH)–C–C–N with tert-alkyl or cyclic N) is 1. The molecule has 1 N–H and O–H groups in total. The van der Waals surface area contributed by atoms with Gasteiger partial charge in [-0.15, -0.1) is 12.4 Å². The monoisotopic (exact) mass is 436 g/mol. The molecule has 30 heavy (non-hydrogen) atoms. The van der Waals surface area contributed by atoms with Crippen LogP contribution < -0.4 is 4.74 Å². The minimum atomic E-state index is -0.671. The standard InChI is InChI=1S/C23H29FN2O3.ClH/c1-25-11-13-26(14-12-25)16-20(27)17-29-23-10-8-19(24)15-21(23)22(28)9-7-18-5-3-2-4-6-18;/h2-6,8,10,15,20,27H,7,9,11-14,16-17H2,1H3;1H. The first-order chi connectivity index (χ1) is 14.0. The van der Waals surface area contributed by atoms with Gasteiger partial charge >= 0.3 is 0 Å². The largest absolute Gasteiger partial charge is 0.490 e. The van der Waals surface area contributed by atoms with E-state index in [2.05, 4.69) is 16.8 Å². The zero-order valence-electron chi connectivity index (χ0n) is 17.3. The van der Waals surface area contributed by atoms with Gasteiger partial charge in [0.25, 0.3) is 0 Å².